The summed E-state index contributed by atoms with van der Waals surface area (Å²) in [6.07, 6.45) is 4.08. The fourth-order valence-electron chi connectivity index (χ4n) is 3.00. The first kappa shape index (κ1) is 19.1. The fraction of sp³-hybridized carbons (Fsp3) is 0.650. The average molecular weight is 318 g/mol. The van der Waals surface area contributed by atoms with Crippen LogP contribution in [0.25, 0.3) is 0 Å². The molecule has 0 saturated carbocycles. The second-order valence-electron chi connectivity index (χ2n) is 7.28. The Hall–Kier alpha value is -0.940. The van der Waals surface area contributed by atoms with Crippen LogP contribution in [0.15, 0.2) is 0 Å². The third kappa shape index (κ3) is 4.53. The van der Waals surface area contributed by atoms with Crippen molar-refractivity contribution in [2.45, 2.75) is 78.9 Å². The zero-order valence-corrected chi connectivity index (χ0v) is 16.2. The van der Waals surface area contributed by atoms with Crippen LogP contribution in [0.4, 0.5) is 0 Å². The summed E-state index contributed by atoms with van der Waals surface area (Å²) in [5.74, 6) is 0.711. The molecule has 22 heavy (non-hydrogen) atoms. The van der Waals surface area contributed by atoms with E-state index >= 15 is 0 Å². The van der Waals surface area contributed by atoms with Gasteiger partial charge in [0.1, 0.15) is 0 Å². The molecule has 0 radical (unpaired) electrons. The molecule has 0 saturated heterocycles. The van der Waals surface area contributed by atoms with Gasteiger partial charge in [0, 0.05) is 0 Å². The van der Waals surface area contributed by atoms with E-state index in [4.69, 9.17) is 0 Å². The van der Waals surface area contributed by atoms with Crippen LogP contribution in [0.3, 0.4) is 0 Å². The second kappa shape index (κ2) is 7.55. The first-order valence-corrected chi connectivity index (χ1v) is 8.77. The highest BCUT2D eigenvalue weighted by Crippen LogP contribution is 2.31. The van der Waals surface area contributed by atoms with Gasteiger partial charge in [-0.15, -0.1) is 0 Å². The Morgan fingerprint density at radius 1 is 0.955 bits per heavy atom. The third-order valence-electron chi connectivity index (χ3n) is 5.03. The molecule has 0 N–H and O–H groups in total. The maximum absolute atomic E-state index is 9.21. The van der Waals surface area contributed by atoms with E-state index in [1.807, 2.05) is 6.92 Å². The Morgan fingerprint density at radius 3 is 1.82 bits per heavy atom. The third-order valence-corrected chi connectivity index (χ3v) is 5.36. The smallest absolute Gasteiger partial charge is 0.0970 e. The van der Waals surface area contributed by atoms with Gasteiger partial charge in [0.05, 0.1) is 10.8 Å². The number of hydrogen-bond acceptors (Lipinski definition) is 2. The number of thiol groups is 1. The molecule has 0 fully saturated rings. The minimum atomic E-state index is -0.547. The normalized spacial score (nSPS) is 14.0. The van der Waals surface area contributed by atoms with Crippen molar-refractivity contribution in [2.75, 3.05) is 0 Å². The number of rotatable bonds is 6. The molecule has 1 atom stereocenters. The monoisotopic (exact) mass is 317 g/mol. The molecule has 0 aliphatic heterocycles. The van der Waals surface area contributed by atoms with Crippen LogP contribution in [0.2, 0.25) is 0 Å². The highest BCUT2D eigenvalue weighted by molar-refractivity contribution is 7.82. The lowest BCUT2D eigenvalue weighted by molar-refractivity contribution is 0.581. The average Bonchev–Trinajstić information content (AvgIpc) is 2.46. The van der Waals surface area contributed by atoms with Crippen molar-refractivity contribution in [3.63, 3.8) is 0 Å². The summed E-state index contributed by atoms with van der Waals surface area (Å²) in [6.45, 7) is 15.4. The number of nitrogens with zero attached hydrogens (tertiary/aromatic N) is 1. The summed E-state index contributed by atoms with van der Waals surface area (Å²) in [4.78, 5) is 0. The van der Waals surface area contributed by atoms with E-state index < -0.39 is 4.75 Å². The van der Waals surface area contributed by atoms with Crippen molar-refractivity contribution in [1.82, 2.24) is 0 Å². The van der Waals surface area contributed by atoms with E-state index in [0.717, 1.165) is 19.3 Å². The van der Waals surface area contributed by atoms with E-state index in [-0.39, 0.29) is 0 Å². The number of benzene rings is 1. The topological polar surface area (TPSA) is 23.8 Å². The van der Waals surface area contributed by atoms with Crippen molar-refractivity contribution < 1.29 is 0 Å². The lowest BCUT2D eigenvalue weighted by Crippen LogP contribution is -2.16. The Bertz CT molecular complexity index is 577. The van der Waals surface area contributed by atoms with Gasteiger partial charge >= 0.3 is 0 Å². The number of hydrogen-bond donors (Lipinski definition) is 1. The number of nitriles is 1. The lowest BCUT2D eigenvalue weighted by Gasteiger charge is -2.23. The zero-order chi connectivity index (χ0) is 17.1. The molecule has 0 bridgehead atoms. The maximum Gasteiger partial charge on any atom is 0.0970 e. The van der Waals surface area contributed by atoms with Crippen LogP contribution in [0.1, 0.15) is 67.0 Å². The van der Waals surface area contributed by atoms with Gasteiger partial charge in [0.2, 0.25) is 0 Å². The second-order valence-corrected chi connectivity index (χ2v) is 8.26. The van der Waals surface area contributed by atoms with Crippen LogP contribution < -0.4 is 0 Å². The standard InChI is InChI=1S/C20H31NS/c1-13(2)8-9-18-16(5)14(3)15(4)17(6)19(18)10-11-20(7,22)12-21/h13,22H,8-11H2,1-7H3. The summed E-state index contributed by atoms with van der Waals surface area (Å²) in [5.41, 5.74) is 8.64. The molecule has 0 amide bonds. The maximum atomic E-state index is 9.21. The van der Waals surface area contributed by atoms with E-state index in [1.165, 1.54) is 39.8 Å². The minimum Gasteiger partial charge on any atom is -0.197 e. The minimum absolute atomic E-state index is 0.547. The summed E-state index contributed by atoms with van der Waals surface area (Å²) in [6, 6.07) is 2.31. The SMILES string of the molecule is Cc1c(C)c(C)c(CCC(C)(S)C#N)c(CCC(C)C)c1C. The van der Waals surface area contributed by atoms with Gasteiger partial charge in [-0.05, 0) is 99.6 Å². The molecule has 2 heteroatoms. The van der Waals surface area contributed by atoms with Crippen LogP contribution in [-0.2, 0) is 12.8 Å². The Labute approximate surface area is 142 Å². The predicted octanol–water partition coefficient (Wildman–Crippen LogP) is 5.65. The molecule has 0 aliphatic rings. The molecular formula is C20H31NS. The summed E-state index contributed by atoms with van der Waals surface area (Å²) >= 11 is 4.48. The van der Waals surface area contributed by atoms with Gasteiger partial charge in [0.25, 0.3) is 0 Å². The zero-order valence-electron chi connectivity index (χ0n) is 15.3. The van der Waals surface area contributed by atoms with Gasteiger partial charge in [0.15, 0.2) is 0 Å². The largest absolute Gasteiger partial charge is 0.197 e. The van der Waals surface area contributed by atoms with Crippen LogP contribution in [0.5, 0.6) is 0 Å². The van der Waals surface area contributed by atoms with Crippen molar-refractivity contribution in [3.8, 4) is 6.07 Å². The van der Waals surface area contributed by atoms with Gasteiger partial charge in [-0.3, -0.25) is 0 Å². The van der Waals surface area contributed by atoms with Gasteiger partial charge in [-0.2, -0.15) is 17.9 Å². The Balaban J connectivity index is 3.25. The highest BCUT2D eigenvalue weighted by atomic mass is 32.1. The van der Waals surface area contributed by atoms with Crippen molar-refractivity contribution in [3.05, 3.63) is 33.4 Å². The molecular weight excluding hydrogens is 286 g/mol. The Morgan fingerprint density at radius 2 is 1.41 bits per heavy atom. The predicted molar refractivity (Wildman–Crippen MR) is 99.9 cm³/mol. The lowest BCUT2D eigenvalue weighted by atomic mass is 9.83. The summed E-state index contributed by atoms with van der Waals surface area (Å²) in [5, 5.41) is 9.21. The van der Waals surface area contributed by atoms with Gasteiger partial charge in [-0.1, -0.05) is 13.8 Å². The highest BCUT2D eigenvalue weighted by Gasteiger charge is 2.21. The molecule has 0 spiro atoms. The first-order valence-electron chi connectivity index (χ1n) is 8.32. The molecule has 1 aromatic carbocycles. The van der Waals surface area contributed by atoms with Crippen LogP contribution >= 0.6 is 12.6 Å². The molecule has 0 aliphatic carbocycles. The Kier molecular flexibility index (Phi) is 6.56. The summed E-state index contributed by atoms with van der Waals surface area (Å²) < 4.78 is -0.547. The van der Waals surface area contributed by atoms with E-state index in [1.54, 1.807) is 0 Å². The molecule has 1 unspecified atom stereocenters. The van der Waals surface area contributed by atoms with Gasteiger partial charge < -0.3 is 0 Å². The van der Waals surface area contributed by atoms with E-state index in [2.05, 4.69) is 60.2 Å². The van der Waals surface area contributed by atoms with Crippen LogP contribution in [-0.4, -0.2) is 4.75 Å². The molecule has 1 aromatic rings. The van der Waals surface area contributed by atoms with Crippen LogP contribution in [0, 0.1) is 44.9 Å². The van der Waals surface area contributed by atoms with E-state index in [0.29, 0.717) is 5.92 Å². The molecule has 122 valence electrons. The summed E-state index contributed by atoms with van der Waals surface area (Å²) in [7, 11) is 0. The quantitative estimate of drug-likeness (QED) is 0.673. The van der Waals surface area contributed by atoms with Crippen molar-refractivity contribution >= 4 is 12.6 Å². The molecule has 1 nitrogen and oxygen atoms in total. The molecule has 0 heterocycles. The first-order chi connectivity index (χ1) is 10.1. The van der Waals surface area contributed by atoms with Crippen molar-refractivity contribution in [2.24, 2.45) is 5.92 Å². The fourth-order valence-corrected chi connectivity index (χ4v) is 3.11. The van der Waals surface area contributed by atoms with Gasteiger partial charge in [-0.25, -0.2) is 0 Å². The van der Waals surface area contributed by atoms with E-state index in [9.17, 15) is 5.26 Å². The van der Waals surface area contributed by atoms with Crippen molar-refractivity contribution in [1.29, 1.82) is 5.26 Å². The molecule has 0 aromatic heterocycles. The molecule has 1 rings (SSSR count).